The summed E-state index contributed by atoms with van der Waals surface area (Å²) >= 11 is 1.51. The molecule has 1 heterocycles. The standard InChI is InChI=1S/C15H21NO3S2/c1-10-4-5-11(2)14(8-10)20-12(3)15(17)16-13-6-7-21(18,19)9-13/h4-5,8,12-13H,6-7,9H2,1-3H3,(H,16,17). The molecule has 1 aliphatic heterocycles. The summed E-state index contributed by atoms with van der Waals surface area (Å²) < 4.78 is 22.8. The Morgan fingerprint density at radius 2 is 2.10 bits per heavy atom. The number of aryl methyl sites for hydroxylation is 2. The van der Waals surface area contributed by atoms with E-state index in [1.807, 2.05) is 32.9 Å². The predicted molar refractivity (Wildman–Crippen MR) is 86.4 cm³/mol. The molecule has 2 unspecified atom stereocenters. The lowest BCUT2D eigenvalue weighted by molar-refractivity contribution is -0.120. The quantitative estimate of drug-likeness (QED) is 0.860. The van der Waals surface area contributed by atoms with Crippen molar-refractivity contribution in [3.63, 3.8) is 0 Å². The van der Waals surface area contributed by atoms with E-state index >= 15 is 0 Å². The van der Waals surface area contributed by atoms with Gasteiger partial charge in [-0.1, -0.05) is 17.7 Å². The van der Waals surface area contributed by atoms with Crippen molar-refractivity contribution in [2.24, 2.45) is 0 Å². The Hall–Kier alpha value is -1.01. The fraction of sp³-hybridized carbons (Fsp3) is 0.533. The van der Waals surface area contributed by atoms with E-state index in [4.69, 9.17) is 0 Å². The fourth-order valence-corrected chi connectivity index (χ4v) is 5.04. The van der Waals surface area contributed by atoms with Crippen LogP contribution >= 0.6 is 11.8 Å². The number of amides is 1. The molecule has 1 saturated heterocycles. The van der Waals surface area contributed by atoms with Gasteiger partial charge in [-0.3, -0.25) is 4.79 Å². The Labute approximate surface area is 130 Å². The van der Waals surface area contributed by atoms with E-state index in [-0.39, 0.29) is 28.7 Å². The minimum atomic E-state index is -2.96. The summed E-state index contributed by atoms with van der Waals surface area (Å²) in [6.45, 7) is 5.90. The van der Waals surface area contributed by atoms with Gasteiger partial charge in [0, 0.05) is 10.9 Å². The smallest absolute Gasteiger partial charge is 0.233 e. The first-order valence-electron chi connectivity index (χ1n) is 7.01. The summed E-state index contributed by atoms with van der Waals surface area (Å²) in [6, 6.07) is 5.94. The molecule has 21 heavy (non-hydrogen) atoms. The largest absolute Gasteiger partial charge is 0.351 e. The number of hydrogen-bond acceptors (Lipinski definition) is 4. The zero-order valence-electron chi connectivity index (χ0n) is 12.5. The van der Waals surface area contributed by atoms with Crippen LogP contribution in [0, 0.1) is 13.8 Å². The molecule has 0 spiro atoms. The fourth-order valence-electron chi connectivity index (χ4n) is 2.31. The lowest BCUT2D eigenvalue weighted by atomic mass is 10.2. The molecule has 0 bridgehead atoms. The molecular weight excluding hydrogens is 306 g/mol. The monoisotopic (exact) mass is 327 g/mol. The lowest BCUT2D eigenvalue weighted by Crippen LogP contribution is -2.39. The van der Waals surface area contributed by atoms with Gasteiger partial charge in [0.1, 0.15) is 0 Å². The summed E-state index contributed by atoms with van der Waals surface area (Å²) in [7, 11) is -2.96. The Kier molecular flexibility index (Phi) is 4.99. The van der Waals surface area contributed by atoms with Gasteiger partial charge in [0.2, 0.25) is 5.91 Å². The molecule has 1 fully saturated rings. The molecule has 1 aliphatic rings. The van der Waals surface area contributed by atoms with Crippen LogP contribution in [0.3, 0.4) is 0 Å². The first-order valence-corrected chi connectivity index (χ1v) is 9.71. The summed E-state index contributed by atoms with van der Waals surface area (Å²) in [5.41, 5.74) is 2.31. The van der Waals surface area contributed by atoms with Gasteiger partial charge in [0.05, 0.1) is 16.8 Å². The Morgan fingerprint density at radius 1 is 1.38 bits per heavy atom. The molecule has 0 radical (unpaired) electrons. The maximum absolute atomic E-state index is 12.2. The lowest BCUT2D eigenvalue weighted by Gasteiger charge is -2.16. The highest BCUT2D eigenvalue weighted by atomic mass is 32.2. The third kappa shape index (κ3) is 4.48. The number of hydrogen-bond donors (Lipinski definition) is 1. The number of carbonyl (C=O) groups excluding carboxylic acids is 1. The van der Waals surface area contributed by atoms with Crippen molar-refractivity contribution in [2.45, 2.75) is 43.4 Å². The molecule has 0 saturated carbocycles. The van der Waals surface area contributed by atoms with Gasteiger partial charge < -0.3 is 5.32 Å². The summed E-state index contributed by atoms with van der Waals surface area (Å²) in [6.07, 6.45) is 0.523. The second-order valence-electron chi connectivity index (χ2n) is 5.64. The number of sulfone groups is 1. The molecule has 1 amide bonds. The summed E-state index contributed by atoms with van der Waals surface area (Å²) in [4.78, 5) is 13.3. The van der Waals surface area contributed by atoms with Crippen LogP contribution in [0.4, 0.5) is 0 Å². The minimum absolute atomic E-state index is 0.0690. The molecule has 2 rings (SSSR count). The molecule has 6 heteroatoms. The molecule has 0 aromatic heterocycles. The van der Waals surface area contributed by atoms with Crippen LogP contribution in [-0.4, -0.2) is 37.1 Å². The van der Waals surface area contributed by atoms with E-state index in [2.05, 4.69) is 11.4 Å². The summed E-state index contributed by atoms with van der Waals surface area (Å²) in [5, 5.41) is 2.61. The number of carbonyl (C=O) groups is 1. The van der Waals surface area contributed by atoms with Crippen LogP contribution in [0.25, 0.3) is 0 Å². The number of benzene rings is 1. The van der Waals surface area contributed by atoms with E-state index in [9.17, 15) is 13.2 Å². The third-order valence-corrected chi connectivity index (χ3v) is 6.62. The normalized spacial score (nSPS) is 22.0. The van der Waals surface area contributed by atoms with Gasteiger partial charge >= 0.3 is 0 Å². The molecule has 1 aromatic rings. The van der Waals surface area contributed by atoms with E-state index in [1.165, 1.54) is 11.8 Å². The van der Waals surface area contributed by atoms with Crippen LogP contribution in [0.15, 0.2) is 23.1 Å². The van der Waals surface area contributed by atoms with Gasteiger partial charge in [0.15, 0.2) is 9.84 Å². The zero-order valence-corrected chi connectivity index (χ0v) is 14.2. The second kappa shape index (κ2) is 6.40. The molecule has 4 nitrogen and oxygen atoms in total. The maximum Gasteiger partial charge on any atom is 0.233 e. The molecule has 1 N–H and O–H groups in total. The van der Waals surface area contributed by atoms with E-state index in [1.54, 1.807) is 0 Å². The summed E-state index contributed by atoms with van der Waals surface area (Å²) in [5.74, 6) is 0.152. The third-order valence-electron chi connectivity index (χ3n) is 3.60. The van der Waals surface area contributed by atoms with Crippen LogP contribution < -0.4 is 5.32 Å². The van der Waals surface area contributed by atoms with Gasteiger partial charge in [-0.15, -0.1) is 11.8 Å². The Bertz CT molecular complexity index is 640. The van der Waals surface area contributed by atoms with Gasteiger partial charge in [-0.05, 0) is 38.8 Å². The van der Waals surface area contributed by atoms with Crippen molar-refractivity contribution in [1.82, 2.24) is 5.32 Å². The maximum atomic E-state index is 12.2. The number of thioether (sulfide) groups is 1. The van der Waals surface area contributed by atoms with Gasteiger partial charge in [-0.2, -0.15) is 0 Å². The first-order chi connectivity index (χ1) is 9.77. The molecule has 0 aliphatic carbocycles. The van der Waals surface area contributed by atoms with Crippen LogP contribution in [0.5, 0.6) is 0 Å². The van der Waals surface area contributed by atoms with Crippen molar-refractivity contribution in [3.05, 3.63) is 29.3 Å². The van der Waals surface area contributed by atoms with Crippen molar-refractivity contribution in [3.8, 4) is 0 Å². The average Bonchev–Trinajstić information content (AvgIpc) is 2.73. The minimum Gasteiger partial charge on any atom is -0.351 e. The molecule has 116 valence electrons. The molecule has 2 atom stereocenters. The van der Waals surface area contributed by atoms with Gasteiger partial charge in [0.25, 0.3) is 0 Å². The van der Waals surface area contributed by atoms with Crippen molar-refractivity contribution < 1.29 is 13.2 Å². The zero-order chi connectivity index (χ0) is 15.6. The SMILES string of the molecule is Cc1ccc(C)c(SC(C)C(=O)NC2CCS(=O)(=O)C2)c1. The van der Waals surface area contributed by atoms with Crippen LogP contribution in [-0.2, 0) is 14.6 Å². The molecule has 1 aromatic carbocycles. The van der Waals surface area contributed by atoms with E-state index in [0.29, 0.717) is 6.42 Å². The highest BCUT2D eigenvalue weighted by molar-refractivity contribution is 8.00. The van der Waals surface area contributed by atoms with E-state index in [0.717, 1.165) is 16.0 Å². The topological polar surface area (TPSA) is 63.2 Å². The van der Waals surface area contributed by atoms with Gasteiger partial charge in [-0.25, -0.2) is 8.42 Å². The number of nitrogens with one attached hydrogen (secondary N) is 1. The second-order valence-corrected chi connectivity index (χ2v) is 9.25. The van der Waals surface area contributed by atoms with Crippen molar-refractivity contribution in [2.75, 3.05) is 11.5 Å². The predicted octanol–water partition coefficient (Wildman–Crippen LogP) is 2.09. The Morgan fingerprint density at radius 3 is 2.71 bits per heavy atom. The van der Waals surface area contributed by atoms with E-state index < -0.39 is 9.84 Å². The van der Waals surface area contributed by atoms with Crippen molar-refractivity contribution >= 4 is 27.5 Å². The number of rotatable bonds is 4. The molecular formula is C15H21NO3S2. The van der Waals surface area contributed by atoms with Crippen LogP contribution in [0.2, 0.25) is 0 Å². The highest BCUT2D eigenvalue weighted by Crippen LogP contribution is 2.27. The highest BCUT2D eigenvalue weighted by Gasteiger charge is 2.30. The van der Waals surface area contributed by atoms with Crippen molar-refractivity contribution in [1.29, 1.82) is 0 Å². The van der Waals surface area contributed by atoms with Crippen LogP contribution in [0.1, 0.15) is 24.5 Å². The Balaban J connectivity index is 1.95. The average molecular weight is 327 g/mol. The first kappa shape index (κ1) is 16.4.